The van der Waals surface area contributed by atoms with Gasteiger partial charge in [-0.15, -0.1) is 11.8 Å². The zero-order chi connectivity index (χ0) is 13.1. The molecule has 0 saturated carbocycles. The van der Waals surface area contributed by atoms with Crippen LogP contribution in [0.15, 0.2) is 47.4 Å². The van der Waals surface area contributed by atoms with E-state index < -0.39 is 11.8 Å². The highest BCUT2D eigenvalue weighted by atomic mass is 32.2. The fourth-order valence-corrected chi connectivity index (χ4v) is 2.06. The maximum absolute atomic E-state index is 13.8. The van der Waals surface area contributed by atoms with Gasteiger partial charge in [0.15, 0.2) is 0 Å². The Labute approximate surface area is 108 Å². The summed E-state index contributed by atoms with van der Waals surface area (Å²) >= 11 is 1.61. The van der Waals surface area contributed by atoms with E-state index >= 15 is 0 Å². The summed E-state index contributed by atoms with van der Waals surface area (Å²) in [5, 5.41) is 8.77. The van der Waals surface area contributed by atoms with Gasteiger partial charge in [0, 0.05) is 10.5 Å². The van der Waals surface area contributed by atoms with Gasteiger partial charge in [-0.25, -0.2) is 9.18 Å². The molecule has 0 aliphatic heterocycles. The van der Waals surface area contributed by atoms with Gasteiger partial charge in [0.1, 0.15) is 5.82 Å². The molecule has 0 aliphatic carbocycles. The zero-order valence-electron chi connectivity index (χ0n) is 9.68. The summed E-state index contributed by atoms with van der Waals surface area (Å²) in [6.07, 6.45) is 1.97. The molecule has 0 bridgehead atoms. The fraction of sp³-hybridized carbons (Fsp3) is 0.0714. The topological polar surface area (TPSA) is 37.3 Å². The zero-order valence-corrected chi connectivity index (χ0v) is 10.5. The van der Waals surface area contributed by atoms with Crippen LogP contribution >= 0.6 is 11.8 Å². The first-order valence-electron chi connectivity index (χ1n) is 5.29. The number of benzene rings is 2. The first-order chi connectivity index (χ1) is 8.61. The van der Waals surface area contributed by atoms with Gasteiger partial charge in [-0.05, 0) is 36.1 Å². The Morgan fingerprint density at radius 1 is 1.17 bits per heavy atom. The van der Waals surface area contributed by atoms with Gasteiger partial charge >= 0.3 is 5.97 Å². The van der Waals surface area contributed by atoms with Crippen LogP contribution in [0.25, 0.3) is 11.1 Å². The van der Waals surface area contributed by atoms with Crippen molar-refractivity contribution in [3.8, 4) is 11.1 Å². The second kappa shape index (κ2) is 5.23. The molecule has 0 spiro atoms. The van der Waals surface area contributed by atoms with Gasteiger partial charge in [-0.3, -0.25) is 0 Å². The smallest absolute Gasteiger partial charge is 0.335 e. The number of carboxylic acids is 1. The molecule has 18 heavy (non-hydrogen) atoms. The molecule has 0 saturated heterocycles. The molecule has 0 aliphatic rings. The van der Waals surface area contributed by atoms with Crippen molar-refractivity contribution < 1.29 is 14.3 Å². The van der Waals surface area contributed by atoms with E-state index in [4.69, 9.17) is 5.11 Å². The number of halogens is 1. The van der Waals surface area contributed by atoms with E-state index in [1.54, 1.807) is 11.8 Å². The van der Waals surface area contributed by atoms with Crippen LogP contribution in [-0.4, -0.2) is 17.3 Å². The van der Waals surface area contributed by atoms with Crippen molar-refractivity contribution in [3.63, 3.8) is 0 Å². The summed E-state index contributed by atoms with van der Waals surface area (Å²) in [4.78, 5) is 11.8. The van der Waals surface area contributed by atoms with Crippen molar-refractivity contribution in [1.82, 2.24) is 0 Å². The summed E-state index contributed by atoms with van der Waals surface area (Å²) in [5.41, 5.74) is 1.10. The molecule has 2 aromatic rings. The normalized spacial score (nSPS) is 10.3. The second-order valence-electron chi connectivity index (χ2n) is 3.73. The van der Waals surface area contributed by atoms with E-state index in [9.17, 15) is 9.18 Å². The van der Waals surface area contributed by atoms with Crippen LogP contribution in [0, 0.1) is 5.82 Å². The third-order valence-corrected chi connectivity index (χ3v) is 3.36. The number of aromatic carboxylic acids is 1. The number of thioether (sulfide) groups is 1. The number of hydrogen-bond donors (Lipinski definition) is 1. The molecule has 0 aromatic heterocycles. The van der Waals surface area contributed by atoms with Gasteiger partial charge in [-0.1, -0.05) is 18.2 Å². The Kier molecular flexibility index (Phi) is 3.67. The van der Waals surface area contributed by atoms with Crippen LogP contribution in [-0.2, 0) is 0 Å². The van der Waals surface area contributed by atoms with Crippen molar-refractivity contribution in [3.05, 3.63) is 53.8 Å². The van der Waals surface area contributed by atoms with Gasteiger partial charge in [0.05, 0.1) is 5.56 Å². The molecule has 0 amide bonds. The lowest BCUT2D eigenvalue weighted by molar-refractivity contribution is 0.0696. The number of carboxylic acid groups (broad SMARTS) is 1. The third kappa shape index (κ3) is 2.54. The molecule has 0 heterocycles. The molecular weight excluding hydrogens is 251 g/mol. The lowest BCUT2D eigenvalue weighted by Crippen LogP contribution is -1.97. The van der Waals surface area contributed by atoms with Crippen molar-refractivity contribution in [1.29, 1.82) is 0 Å². The van der Waals surface area contributed by atoms with E-state index in [0.29, 0.717) is 5.56 Å². The third-order valence-electron chi connectivity index (χ3n) is 2.62. The summed E-state index contributed by atoms with van der Waals surface area (Å²) in [5.74, 6) is -1.65. The molecule has 4 heteroatoms. The van der Waals surface area contributed by atoms with Crippen LogP contribution in [0.2, 0.25) is 0 Å². The average Bonchev–Trinajstić information content (AvgIpc) is 2.38. The Morgan fingerprint density at radius 3 is 2.33 bits per heavy atom. The molecule has 2 rings (SSSR count). The monoisotopic (exact) mass is 262 g/mol. The minimum atomic E-state index is -1.13. The average molecular weight is 262 g/mol. The van der Waals surface area contributed by atoms with Crippen LogP contribution < -0.4 is 0 Å². The second-order valence-corrected chi connectivity index (χ2v) is 4.61. The molecule has 2 nitrogen and oxygen atoms in total. The molecule has 1 N–H and O–H groups in total. The standard InChI is InChI=1S/C14H11FO2S/c1-18-11-5-2-9(3-6-11)12-7-4-10(14(16)17)8-13(12)15/h2-8H,1H3,(H,16,17). The highest BCUT2D eigenvalue weighted by molar-refractivity contribution is 7.98. The summed E-state index contributed by atoms with van der Waals surface area (Å²) in [6, 6.07) is 11.4. The molecule has 0 unspecified atom stereocenters. The highest BCUT2D eigenvalue weighted by Crippen LogP contribution is 2.26. The Hall–Kier alpha value is -1.81. The quantitative estimate of drug-likeness (QED) is 0.852. The van der Waals surface area contributed by atoms with E-state index in [1.165, 1.54) is 12.1 Å². The first kappa shape index (κ1) is 12.6. The molecule has 2 aromatic carbocycles. The fourth-order valence-electron chi connectivity index (χ4n) is 1.65. The molecule has 0 atom stereocenters. The van der Waals surface area contributed by atoms with E-state index in [0.717, 1.165) is 16.5 Å². The molecule has 92 valence electrons. The van der Waals surface area contributed by atoms with Crippen molar-refractivity contribution in [2.75, 3.05) is 6.26 Å². The van der Waals surface area contributed by atoms with E-state index in [-0.39, 0.29) is 5.56 Å². The van der Waals surface area contributed by atoms with Crippen molar-refractivity contribution >= 4 is 17.7 Å². The predicted molar refractivity (Wildman–Crippen MR) is 70.6 cm³/mol. The van der Waals surface area contributed by atoms with Crippen LogP contribution in [0.3, 0.4) is 0 Å². The Balaban J connectivity index is 2.41. The first-order valence-corrected chi connectivity index (χ1v) is 6.51. The maximum Gasteiger partial charge on any atom is 0.335 e. The van der Waals surface area contributed by atoms with E-state index in [1.807, 2.05) is 30.5 Å². The lowest BCUT2D eigenvalue weighted by Gasteiger charge is -2.05. The van der Waals surface area contributed by atoms with Crippen LogP contribution in [0.1, 0.15) is 10.4 Å². The van der Waals surface area contributed by atoms with Gasteiger partial charge < -0.3 is 5.11 Å². The van der Waals surface area contributed by atoms with Crippen molar-refractivity contribution in [2.24, 2.45) is 0 Å². The number of hydrogen-bond acceptors (Lipinski definition) is 2. The number of rotatable bonds is 3. The van der Waals surface area contributed by atoms with Gasteiger partial charge in [-0.2, -0.15) is 0 Å². The Morgan fingerprint density at radius 2 is 1.83 bits per heavy atom. The minimum absolute atomic E-state index is 0.0445. The van der Waals surface area contributed by atoms with Crippen molar-refractivity contribution in [2.45, 2.75) is 4.90 Å². The maximum atomic E-state index is 13.8. The molecule has 0 radical (unpaired) electrons. The van der Waals surface area contributed by atoms with Gasteiger partial charge in [0.25, 0.3) is 0 Å². The summed E-state index contributed by atoms with van der Waals surface area (Å²) in [7, 11) is 0. The Bertz CT molecular complexity index is 579. The molecular formula is C14H11FO2S. The van der Waals surface area contributed by atoms with E-state index in [2.05, 4.69) is 0 Å². The van der Waals surface area contributed by atoms with Crippen LogP contribution in [0.4, 0.5) is 4.39 Å². The van der Waals surface area contributed by atoms with Gasteiger partial charge in [0.2, 0.25) is 0 Å². The van der Waals surface area contributed by atoms with Crippen LogP contribution in [0.5, 0.6) is 0 Å². The SMILES string of the molecule is CSc1ccc(-c2ccc(C(=O)O)cc2F)cc1. The lowest BCUT2D eigenvalue weighted by atomic mass is 10.0. The highest BCUT2D eigenvalue weighted by Gasteiger charge is 2.09. The minimum Gasteiger partial charge on any atom is -0.478 e. The summed E-state index contributed by atoms with van der Waals surface area (Å²) < 4.78 is 13.8. The number of carbonyl (C=O) groups is 1. The largest absolute Gasteiger partial charge is 0.478 e. The summed E-state index contributed by atoms with van der Waals surface area (Å²) in [6.45, 7) is 0. The molecule has 0 fully saturated rings. The predicted octanol–water partition coefficient (Wildman–Crippen LogP) is 3.91.